The molecule has 0 aliphatic rings. The lowest BCUT2D eigenvalue weighted by atomic mass is 10.1. The third kappa shape index (κ3) is 5.47. The van der Waals surface area contributed by atoms with Gasteiger partial charge < -0.3 is 10.2 Å². The molecule has 2 amide bonds. The van der Waals surface area contributed by atoms with E-state index in [-0.39, 0.29) is 24.3 Å². The van der Waals surface area contributed by atoms with Crippen LogP contribution in [0.2, 0.25) is 0 Å². The first-order valence-electron chi connectivity index (χ1n) is 8.08. The summed E-state index contributed by atoms with van der Waals surface area (Å²) in [7, 11) is 1.73. The van der Waals surface area contributed by atoms with E-state index in [1.807, 2.05) is 25.1 Å². The summed E-state index contributed by atoms with van der Waals surface area (Å²) >= 11 is 0. The van der Waals surface area contributed by atoms with Crippen molar-refractivity contribution in [2.45, 2.75) is 25.9 Å². The van der Waals surface area contributed by atoms with Crippen molar-refractivity contribution >= 4 is 11.8 Å². The van der Waals surface area contributed by atoms with Gasteiger partial charge in [0.05, 0.1) is 11.6 Å². The third-order valence-corrected chi connectivity index (χ3v) is 3.82. The lowest BCUT2D eigenvalue weighted by molar-refractivity contribution is -0.130. The molecule has 0 aliphatic heterocycles. The van der Waals surface area contributed by atoms with E-state index >= 15 is 0 Å². The van der Waals surface area contributed by atoms with Crippen LogP contribution in [0.3, 0.4) is 0 Å². The van der Waals surface area contributed by atoms with Crippen molar-refractivity contribution in [2.24, 2.45) is 0 Å². The third-order valence-electron chi connectivity index (χ3n) is 3.82. The maximum Gasteiger partial charge on any atom is 0.251 e. The highest BCUT2D eigenvalue weighted by Gasteiger charge is 2.16. The van der Waals surface area contributed by atoms with Crippen LogP contribution in [0.5, 0.6) is 0 Å². The number of nitrogens with one attached hydrogen (secondary N) is 1. The molecule has 0 bridgehead atoms. The van der Waals surface area contributed by atoms with E-state index in [1.165, 1.54) is 0 Å². The van der Waals surface area contributed by atoms with Gasteiger partial charge in [-0.15, -0.1) is 0 Å². The summed E-state index contributed by atoms with van der Waals surface area (Å²) in [6.07, 6.45) is 0.228. The van der Waals surface area contributed by atoms with E-state index in [1.54, 1.807) is 48.3 Å². The van der Waals surface area contributed by atoms with Crippen molar-refractivity contribution in [3.05, 3.63) is 71.3 Å². The van der Waals surface area contributed by atoms with E-state index in [2.05, 4.69) is 11.4 Å². The van der Waals surface area contributed by atoms with Crippen molar-refractivity contribution in [1.82, 2.24) is 10.2 Å². The van der Waals surface area contributed by atoms with Crippen molar-refractivity contribution < 1.29 is 9.59 Å². The van der Waals surface area contributed by atoms with Crippen LogP contribution in [0.15, 0.2) is 54.6 Å². The molecule has 1 N–H and O–H groups in total. The number of carbonyl (C=O) groups is 2. The normalized spacial score (nSPS) is 11.2. The van der Waals surface area contributed by atoms with Gasteiger partial charge in [-0.25, -0.2) is 0 Å². The molecule has 0 saturated carbocycles. The molecule has 1 unspecified atom stereocenters. The molecule has 5 nitrogen and oxygen atoms in total. The number of carbonyl (C=O) groups excluding carboxylic acids is 2. The second-order valence-corrected chi connectivity index (χ2v) is 6.00. The molecule has 0 fully saturated rings. The molecule has 2 aromatic rings. The summed E-state index contributed by atoms with van der Waals surface area (Å²) in [4.78, 5) is 26.0. The maximum atomic E-state index is 12.3. The van der Waals surface area contributed by atoms with Gasteiger partial charge in [-0.05, 0) is 36.8 Å². The number of benzene rings is 2. The Balaban J connectivity index is 1.85. The van der Waals surface area contributed by atoms with Crippen LogP contribution in [0, 0.1) is 11.3 Å². The largest absolute Gasteiger partial charge is 0.349 e. The molecule has 0 aromatic heterocycles. The lowest BCUT2D eigenvalue weighted by Crippen LogP contribution is -2.37. The Morgan fingerprint density at radius 2 is 1.76 bits per heavy atom. The minimum absolute atomic E-state index is 0.0507. The van der Waals surface area contributed by atoms with Gasteiger partial charge in [0, 0.05) is 31.6 Å². The van der Waals surface area contributed by atoms with Gasteiger partial charge in [0.25, 0.3) is 5.91 Å². The molecular formula is C20H21N3O2. The van der Waals surface area contributed by atoms with Crippen LogP contribution in [0.25, 0.3) is 0 Å². The Morgan fingerprint density at radius 3 is 2.36 bits per heavy atom. The van der Waals surface area contributed by atoms with Crippen LogP contribution in [0.4, 0.5) is 0 Å². The monoisotopic (exact) mass is 335 g/mol. The zero-order chi connectivity index (χ0) is 18.2. The van der Waals surface area contributed by atoms with Gasteiger partial charge in [0.2, 0.25) is 5.91 Å². The van der Waals surface area contributed by atoms with E-state index in [0.29, 0.717) is 17.7 Å². The van der Waals surface area contributed by atoms with Gasteiger partial charge in [-0.1, -0.05) is 30.3 Å². The fraction of sp³-hybridized carbons (Fsp3) is 0.250. The molecule has 2 rings (SSSR count). The molecule has 128 valence electrons. The van der Waals surface area contributed by atoms with Crippen LogP contribution in [0.1, 0.15) is 34.8 Å². The topological polar surface area (TPSA) is 73.2 Å². The number of hydrogen-bond donors (Lipinski definition) is 1. The standard InChI is InChI=1S/C20H21N3O2/c1-15(22-20(25)18-6-4-3-5-7-18)12-19(24)23(2)14-17-10-8-16(13-21)9-11-17/h3-11,15H,12,14H2,1-2H3,(H,22,25). The van der Waals surface area contributed by atoms with E-state index in [9.17, 15) is 9.59 Å². The highest BCUT2D eigenvalue weighted by Crippen LogP contribution is 2.08. The zero-order valence-corrected chi connectivity index (χ0v) is 14.4. The molecule has 0 spiro atoms. The molecule has 0 saturated heterocycles. The number of amides is 2. The molecule has 2 aromatic carbocycles. The minimum atomic E-state index is -0.261. The molecular weight excluding hydrogens is 314 g/mol. The van der Waals surface area contributed by atoms with Crippen molar-refractivity contribution in [2.75, 3.05) is 7.05 Å². The smallest absolute Gasteiger partial charge is 0.251 e. The predicted molar refractivity (Wildman–Crippen MR) is 95.6 cm³/mol. The summed E-state index contributed by atoms with van der Waals surface area (Å²) in [5.74, 6) is -0.235. The van der Waals surface area contributed by atoms with Gasteiger partial charge >= 0.3 is 0 Å². The SMILES string of the molecule is CC(CC(=O)N(C)Cc1ccc(C#N)cc1)NC(=O)c1ccccc1. The Bertz CT molecular complexity index is 764. The summed E-state index contributed by atoms with van der Waals surface area (Å²) in [5, 5.41) is 11.6. The Morgan fingerprint density at radius 1 is 1.12 bits per heavy atom. The van der Waals surface area contributed by atoms with E-state index in [0.717, 1.165) is 5.56 Å². The number of nitriles is 1. The Kier molecular flexibility index (Phi) is 6.30. The molecule has 1 atom stereocenters. The minimum Gasteiger partial charge on any atom is -0.349 e. The highest BCUT2D eigenvalue weighted by molar-refractivity contribution is 5.94. The van der Waals surface area contributed by atoms with Crippen LogP contribution < -0.4 is 5.32 Å². The molecule has 25 heavy (non-hydrogen) atoms. The molecule has 0 aliphatic carbocycles. The van der Waals surface area contributed by atoms with Crippen LogP contribution >= 0.6 is 0 Å². The lowest BCUT2D eigenvalue weighted by Gasteiger charge is -2.20. The quantitative estimate of drug-likeness (QED) is 0.882. The second-order valence-electron chi connectivity index (χ2n) is 6.00. The van der Waals surface area contributed by atoms with Gasteiger partial charge in [0.1, 0.15) is 0 Å². The summed E-state index contributed by atoms with van der Waals surface area (Å²) in [6, 6.07) is 17.9. The van der Waals surface area contributed by atoms with Gasteiger partial charge in [-0.2, -0.15) is 5.26 Å². The van der Waals surface area contributed by atoms with Gasteiger partial charge in [-0.3, -0.25) is 9.59 Å². The predicted octanol–water partition coefficient (Wildman–Crippen LogP) is 2.73. The van der Waals surface area contributed by atoms with Crippen molar-refractivity contribution in [1.29, 1.82) is 5.26 Å². The van der Waals surface area contributed by atoms with Crippen LogP contribution in [-0.4, -0.2) is 29.8 Å². The second kappa shape index (κ2) is 8.65. The van der Waals surface area contributed by atoms with Crippen LogP contribution in [-0.2, 0) is 11.3 Å². The fourth-order valence-electron chi connectivity index (χ4n) is 2.41. The number of hydrogen-bond acceptors (Lipinski definition) is 3. The zero-order valence-electron chi connectivity index (χ0n) is 14.4. The van der Waals surface area contributed by atoms with Gasteiger partial charge in [0.15, 0.2) is 0 Å². The Hall–Kier alpha value is -3.13. The first-order chi connectivity index (χ1) is 12.0. The average molecular weight is 335 g/mol. The highest BCUT2D eigenvalue weighted by atomic mass is 16.2. The molecule has 0 heterocycles. The van der Waals surface area contributed by atoms with Crippen molar-refractivity contribution in [3.63, 3.8) is 0 Å². The van der Waals surface area contributed by atoms with E-state index in [4.69, 9.17) is 5.26 Å². The maximum absolute atomic E-state index is 12.3. The summed E-state index contributed by atoms with van der Waals surface area (Å²) < 4.78 is 0. The van der Waals surface area contributed by atoms with E-state index < -0.39 is 0 Å². The number of rotatable bonds is 6. The first kappa shape index (κ1) is 18.2. The molecule has 5 heteroatoms. The first-order valence-corrected chi connectivity index (χ1v) is 8.08. The number of nitrogens with zero attached hydrogens (tertiary/aromatic N) is 2. The average Bonchev–Trinajstić information content (AvgIpc) is 2.62. The molecule has 0 radical (unpaired) electrons. The fourth-order valence-corrected chi connectivity index (χ4v) is 2.41. The summed E-state index contributed by atoms with van der Waals surface area (Å²) in [5.41, 5.74) is 2.12. The summed E-state index contributed by atoms with van der Waals surface area (Å²) in [6.45, 7) is 2.28. The Labute approximate surface area is 147 Å². The van der Waals surface area contributed by atoms with Crippen molar-refractivity contribution in [3.8, 4) is 6.07 Å².